The van der Waals surface area contributed by atoms with Crippen LogP contribution >= 0.6 is 12.6 Å². The molecule has 35 heavy (non-hydrogen) atoms. The molecule has 0 bridgehead atoms. The van der Waals surface area contributed by atoms with Crippen LogP contribution in [0.4, 0.5) is 0 Å². The average molecular weight is 490 g/mol. The standard InChI is InChI=1S/C20H20N2O3S.C8H11N/c23-17(10-11-26)22-19(20(24)25)18(13-6-2-1-3-7-13)15-12-21-16-9-5-4-8-14(15)16;1-7-2-4-8(6-9)5-3-7/h1-9,12,18-19,21,26H,10-11H2,(H,22,23)(H,24,25);2-5H,6,9H2,1H3/t18?,19-;/m0./s1. The number of aryl methyl sites for hydroxylation is 1. The molecule has 0 aliphatic carbocycles. The number of para-hydroxylation sites is 1. The van der Waals surface area contributed by atoms with E-state index in [4.69, 9.17) is 5.73 Å². The fraction of sp³-hybridized carbons (Fsp3) is 0.214. The van der Waals surface area contributed by atoms with Gasteiger partial charge in [0.2, 0.25) is 5.91 Å². The van der Waals surface area contributed by atoms with Crippen molar-refractivity contribution < 1.29 is 14.7 Å². The Morgan fingerprint density at radius 2 is 1.66 bits per heavy atom. The minimum Gasteiger partial charge on any atom is -0.480 e. The summed E-state index contributed by atoms with van der Waals surface area (Å²) in [4.78, 5) is 27.3. The Kier molecular flexibility index (Phi) is 9.52. The lowest BCUT2D eigenvalue weighted by atomic mass is 9.84. The molecule has 7 heteroatoms. The number of H-pyrrole nitrogens is 1. The Morgan fingerprint density at radius 3 is 2.29 bits per heavy atom. The van der Waals surface area contributed by atoms with Crippen molar-refractivity contribution in [3.8, 4) is 0 Å². The van der Waals surface area contributed by atoms with Crippen molar-refractivity contribution in [2.45, 2.75) is 31.8 Å². The van der Waals surface area contributed by atoms with Gasteiger partial charge in [-0.3, -0.25) is 4.79 Å². The molecule has 3 aromatic carbocycles. The Balaban J connectivity index is 0.000000320. The molecule has 2 atom stereocenters. The summed E-state index contributed by atoms with van der Waals surface area (Å²) in [7, 11) is 0. The van der Waals surface area contributed by atoms with E-state index in [0.717, 1.165) is 22.0 Å². The molecule has 182 valence electrons. The van der Waals surface area contributed by atoms with Gasteiger partial charge in [-0.15, -0.1) is 0 Å². The first kappa shape index (κ1) is 26.1. The van der Waals surface area contributed by atoms with Crippen LogP contribution in [0.25, 0.3) is 10.9 Å². The van der Waals surface area contributed by atoms with Crippen molar-refractivity contribution in [1.29, 1.82) is 0 Å². The predicted octanol–water partition coefficient (Wildman–Crippen LogP) is 4.64. The normalized spacial score (nSPS) is 12.3. The number of aromatic amines is 1. The number of carboxylic acid groups (broad SMARTS) is 1. The number of hydrogen-bond donors (Lipinski definition) is 5. The second kappa shape index (κ2) is 12.8. The van der Waals surface area contributed by atoms with E-state index in [1.165, 1.54) is 11.1 Å². The molecule has 0 aliphatic heterocycles. The highest BCUT2D eigenvalue weighted by Crippen LogP contribution is 2.33. The van der Waals surface area contributed by atoms with E-state index in [1.54, 1.807) is 0 Å². The molecule has 0 radical (unpaired) electrons. The first-order chi connectivity index (χ1) is 16.9. The molecular formula is C28H31N3O3S. The number of carboxylic acids is 1. The Hall–Kier alpha value is -3.55. The van der Waals surface area contributed by atoms with Crippen molar-refractivity contribution in [3.63, 3.8) is 0 Å². The van der Waals surface area contributed by atoms with Crippen molar-refractivity contribution in [2.24, 2.45) is 5.73 Å². The SMILES string of the molecule is Cc1ccc(CN)cc1.O=C(CCS)N[C@H](C(=O)O)C(c1ccccc1)c1c[nH]c2ccccc12. The van der Waals surface area contributed by atoms with Gasteiger partial charge in [-0.1, -0.05) is 78.4 Å². The van der Waals surface area contributed by atoms with Gasteiger partial charge in [-0.05, 0) is 35.4 Å². The fourth-order valence-electron chi connectivity index (χ4n) is 3.92. The van der Waals surface area contributed by atoms with Crippen LogP contribution < -0.4 is 11.1 Å². The molecule has 0 aliphatic rings. The Bertz CT molecular complexity index is 1240. The molecule has 0 fully saturated rings. The maximum atomic E-state index is 12.1. The molecule has 1 unspecified atom stereocenters. The van der Waals surface area contributed by atoms with E-state index in [9.17, 15) is 14.7 Å². The summed E-state index contributed by atoms with van der Waals surface area (Å²) in [5.41, 5.74) is 10.5. The number of amides is 1. The molecule has 1 heterocycles. The molecule has 1 aromatic heterocycles. The number of aromatic nitrogens is 1. The van der Waals surface area contributed by atoms with E-state index >= 15 is 0 Å². The highest BCUT2D eigenvalue weighted by molar-refractivity contribution is 7.80. The summed E-state index contributed by atoms with van der Waals surface area (Å²) >= 11 is 4.05. The third-order valence-electron chi connectivity index (χ3n) is 5.73. The maximum Gasteiger partial charge on any atom is 0.327 e. The van der Waals surface area contributed by atoms with Gasteiger partial charge >= 0.3 is 5.97 Å². The van der Waals surface area contributed by atoms with Gasteiger partial charge < -0.3 is 21.1 Å². The highest BCUT2D eigenvalue weighted by atomic mass is 32.1. The van der Waals surface area contributed by atoms with Gasteiger partial charge in [0.15, 0.2) is 0 Å². The molecule has 6 nitrogen and oxygen atoms in total. The third kappa shape index (κ3) is 6.97. The molecule has 0 spiro atoms. The predicted molar refractivity (Wildman–Crippen MR) is 144 cm³/mol. The summed E-state index contributed by atoms with van der Waals surface area (Å²) in [5, 5.41) is 13.5. The van der Waals surface area contributed by atoms with Crippen molar-refractivity contribution in [1.82, 2.24) is 10.3 Å². The van der Waals surface area contributed by atoms with Crippen LogP contribution in [0, 0.1) is 6.92 Å². The third-order valence-corrected chi connectivity index (χ3v) is 5.95. The minimum atomic E-state index is -1.08. The molecule has 0 saturated carbocycles. The van der Waals surface area contributed by atoms with Crippen LogP contribution in [0.2, 0.25) is 0 Å². The number of nitrogens with one attached hydrogen (secondary N) is 2. The lowest BCUT2D eigenvalue weighted by Crippen LogP contribution is -2.45. The number of thiol groups is 1. The minimum absolute atomic E-state index is 0.169. The molecule has 0 saturated heterocycles. The summed E-state index contributed by atoms with van der Waals surface area (Å²) in [6.07, 6.45) is 1.99. The molecule has 4 aromatic rings. The van der Waals surface area contributed by atoms with E-state index in [1.807, 2.05) is 60.8 Å². The monoisotopic (exact) mass is 489 g/mol. The zero-order chi connectivity index (χ0) is 25.2. The first-order valence-electron chi connectivity index (χ1n) is 11.4. The van der Waals surface area contributed by atoms with Gasteiger partial charge in [-0.25, -0.2) is 4.79 Å². The zero-order valence-electron chi connectivity index (χ0n) is 19.6. The average Bonchev–Trinajstić information content (AvgIpc) is 3.29. The second-order valence-electron chi connectivity index (χ2n) is 8.22. The smallest absolute Gasteiger partial charge is 0.327 e. The quantitative estimate of drug-likeness (QED) is 0.232. The van der Waals surface area contributed by atoms with Crippen LogP contribution in [0.15, 0.2) is 85.1 Å². The number of fused-ring (bicyclic) bond motifs is 1. The Morgan fingerprint density at radius 1 is 1.00 bits per heavy atom. The summed E-state index contributed by atoms with van der Waals surface area (Å²) < 4.78 is 0. The summed E-state index contributed by atoms with van der Waals surface area (Å²) in [6.45, 7) is 2.71. The molecule has 4 rings (SSSR count). The summed E-state index contributed by atoms with van der Waals surface area (Å²) in [5.74, 6) is -1.56. The first-order valence-corrected chi connectivity index (χ1v) is 12.1. The fourth-order valence-corrected chi connectivity index (χ4v) is 4.13. The van der Waals surface area contributed by atoms with Gasteiger partial charge in [0.1, 0.15) is 6.04 Å². The van der Waals surface area contributed by atoms with Gasteiger partial charge in [0.25, 0.3) is 0 Å². The number of rotatable bonds is 8. The van der Waals surface area contributed by atoms with Gasteiger partial charge in [-0.2, -0.15) is 12.6 Å². The van der Waals surface area contributed by atoms with E-state index < -0.39 is 17.9 Å². The van der Waals surface area contributed by atoms with Crippen LogP contribution in [-0.4, -0.2) is 33.8 Å². The van der Waals surface area contributed by atoms with Crippen molar-refractivity contribution in [3.05, 3.63) is 107 Å². The number of nitrogens with two attached hydrogens (primary N) is 1. The van der Waals surface area contributed by atoms with Crippen molar-refractivity contribution >= 4 is 35.4 Å². The topological polar surface area (TPSA) is 108 Å². The lowest BCUT2D eigenvalue weighted by Gasteiger charge is -2.25. The second-order valence-corrected chi connectivity index (χ2v) is 8.67. The number of carbonyl (C=O) groups excluding carboxylic acids is 1. The van der Waals surface area contributed by atoms with Crippen LogP contribution in [0.5, 0.6) is 0 Å². The Labute approximate surface area is 211 Å². The molecule has 1 amide bonds. The summed E-state index contributed by atoms with van der Waals surface area (Å²) in [6, 6.07) is 24.3. The molecule has 5 N–H and O–H groups in total. The van der Waals surface area contributed by atoms with Crippen molar-refractivity contribution in [2.75, 3.05) is 5.75 Å². The number of carbonyl (C=O) groups is 2. The van der Waals surface area contributed by atoms with E-state index in [2.05, 4.69) is 54.1 Å². The van der Waals surface area contributed by atoms with Gasteiger partial charge in [0, 0.05) is 36.0 Å². The van der Waals surface area contributed by atoms with Crippen LogP contribution in [0.3, 0.4) is 0 Å². The van der Waals surface area contributed by atoms with Gasteiger partial charge in [0.05, 0.1) is 0 Å². The lowest BCUT2D eigenvalue weighted by molar-refractivity contribution is -0.142. The zero-order valence-corrected chi connectivity index (χ0v) is 20.5. The maximum absolute atomic E-state index is 12.1. The number of aliphatic carboxylic acids is 1. The molecular weight excluding hydrogens is 458 g/mol. The number of hydrogen-bond acceptors (Lipinski definition) is 4. The van der Waals surface area contributed by atoms with Crippen LogP contribution in [0.1, 0.15) is 34.6 Å². The van der Waals surface area contributed by atoms with E-state index in [0.29, 0.717) is 12.3 Å². The number of benzene rings is 3. The largest absolute Gasteiger partial charge is 0.480 e. The van der Waals surface area contributed by atoms with Crippen LogP contribution in [-0.2, 0) is 16.1 Å². The van der Waals surface area contributed by atoms with E-state index in [-0.39, 0.29) is 12.3 Å². The highest BCUT2D eigenvalue weighted by Gasteiger charge is 2.33.